The molecule has 0 radical (unpaired) electrons. The number of aliphatic hydroxyl groups is 1. The fourth-order valence-corrected chi connectivity index (χ4v) is 1.76. The quantitative estimate of drug-likeness (QED) is 0.620. The summed E-state index contributed by atoms with van der Waals surface area (Å²) < 4.78 is 0. The third-order valence-electron chi connectivity index (χ3n) is 1.93. The molecule has 1 saturated carbocycles. The first-order valence-electron chi connectivity index (χ1n) is 4.10. The van der Waals surface area contributed by atoms with Gasteiger partial charge in [0.2, 0.25) is 0 Å². The molecule has 0 amide bonds. The van der Waals surface area contributed by atoms with Gasteiger partial charge in [0.25, 0.3) is 0 Å². The van der Waals surface area contributed by atoms with Crippen molar-refractivity contribution in [2.75, 3.05) is 11.5 Å². The van der Waals surface area contributed by atoms with Gasteiger partial charge in [-0.2, -0.15) is 11.8 Å². The highest BCUT2D eigenvalue weighted by molar-refractivity contribution is 7.99. The van der Waals surface area contributed by atoms with E-state index in [9.17, 15) is 5.11 Å². The van der Waals surface area contributed by atoms with Crippen molar-refractivity contribution in [1.29, 1.82) is 0 Å². The van der Waals surface area contributed by atoms with Gasteiger partial charge in [0.05, 0.1) is 6.10 Å². The second kappa shape index (κ2) is 4.24. The van der Waals surface area contributed by atoms with E-state index in [4.69, 9.17) is 0 Å². The van der Waals surface area contributed by atoms with Crippen LogP contribution in [-0.4, -0.2) is 22.7 Å². The number of hydrogen-bond donors (Lipinski definition) is 1. The van der Waals surface area contributed by atoms with E-state index in [-0.39, 0.29) is 6.10 Å². The van der Waals surface area contributed by atoms with Crippen LogP contribution >= 0.6 is 11.8 Å². The first kappa shape index (κ1) is 8.41. The molecule has 1 rings (SSSR count). The highest BCUT2D eigenvalue weighted by atomic mass is 32.2. The fourth-order valence-electron chi connectivity index (χ4n) is 1.07. The van der Waals surface area contributed by atoms with Gasteiger partial charge in [-0.15, -0.1) is 0 Å². The second-order valence-corrected chi connectivity index (χ2v) is 4.28. The molecule has 0 saturated heterocycles. The average molecular weight is 160 g/mol. The summed E-state index contributed by atoms with van der Waals surface area (Å²) in [6.45, 7) is 2.16. The Morgan fingerprint density at radius 3 is 2.80 bits per heavy atom. The van der Waals surface area contributed by atoms with Crippen LogP contribution in [0.15, 0.2) is 0 Å². The van der Waals surface area contributed by atoms with Crippen LogP contribution in [0.1, 0.15) is 26.2 Å². The molecule has 1 aliphatic carbocycles. The highest BCUT2D eigenvalue weighted by Crippen LogP contribution is 2.34. The predicted molar refractivity (Wildman–Crippen MR) is 46.3 cm³/mol. The summed E-state index contributed by atoms with van der Waals surface area (Å²) in [7, 11) is 0. The summed E-state index contributed by atoms with van der Waals surface area (Å²) in [6, 6.07) is 0. The first-order chi connectivity index (χ1) is 4.84. The van der Waals surface area contributed by atoms with Gasteiger partial charge in [-0.1, -0.05) is 6.92 Å². The molecule has 1 aliphatic rings. The van der Waals surface area contributed by atoms with E-state index in [0.29, 0.717) is 5.92 Å². The Hall–Kier alpha value is 0.310. The zero-order valence-corrected chi connectivity index (χ0v) is 7.36. The molecule has 10 heavy (non-hydrogen) atoms. The Bertz CT molecular complexity index is 91.3. The Morgan fingerprint density at radius 2 is 2.30 bits per heavy atom. The molecule has 60 valence electrons. The topological polar surface area (TPSA) is 20.2 Å². The Balaban J connectivity index is 1.90. The molecule has 0 bridgehead atoms. The molecule has 2 heteroatoms. The lowest BCUT2D eigenvalue weighted by Gasteiger charge is -2.06. The second-order valence-electron chi connectivity index (χ2n) is 2.89. The largest absolute Gasteiger partial charge is 0.393 e. The molecular formula is C8H16OS. The van der Waals surface area contributed by atoms with Crippen LogP contribution in [0, 0.1) is 5.92 Å². The normalized spacial score (nSPS) is 21.0. The fraction of sp³-hybridized carbons (Fsp3) is 1.00. The number of hydrogen-bond acceptors (Lipinski definition) is 2. The van der Waals surface area contributed by atoms with Gasteiger partial charge in [0.1, 0.15) is 0 Å². The summed E-state index contributed by atoms with van der Waals surface area (Å²) in [5.74, 6) is 2.98. The van der Waals surface area contributed by atoms with Gasteiger partial charge in [-0.3, -0.25) is 0 Å². The minimum atomic E-state index is 0.0130. The molecular weight excluding hydrogens is 144 g/mol. The summed E-state index contributed by atoms with van der Waals surface area (Å²) in [6.07, 6.45) is 3.54. The molecule has 0 aromatic carbocycles. The maximum atomic E-state index is 9.40. The van der Waals surface area contributed by atoms with E-state index in [2.05, 4.69) is 6.92 Å². The predicted octanol–water partition coefficient (Wildman–Crippen LogP) is 1.90. The van der Waals surface area contributed by atoms with E-state index < -0.39 is 0 Å². The van der Waals surface area contributed by atoms with Crippen LogP contribution in [0.2, 0.25) is 0 Å². The summed E-state index contributed by atoms with van der Waals surface area (Å²) in [5, 5.41) is 9.40. The van der Waals surface area contributed by atoms with Gasteiger partial charge in [0.15, 0.2) is 0 Å². The summed E-state index contributed by atoms with van der Waals surface area (Å²) in [4.78, 5) is 0. The maximum absolute atomic E-state index is 9.40. The molecule has 1 fully saturated rings. The molecule has 0 spiro atoms. The van der Waals surface area contributed by atoms with Gasteiger partial charge in [-0.25, -0.2) is 0 Å². The van der Waals surface area contributed by atoms with Gasteiger partial charge in [0, 0.05) is 0 Å². The third-order valence-corrected chi connectivity index (χ3v) is 2.86. The highest BCUT2D eigenvalue weighted by Gasteiger charge is 2.28. The summed E-state index contributed by atoms with van der Waals surface area (Å²) >= 11 is 1.92. The van der Waals surface area contributed by atoms with Crippen molar-refractivity contribution in [3.63, 3.8) is 0 Å². The molecule has 1 N–H and O–H groups in total. The van der Waals surface area contributed by atoms with Crippen LogP contribution in [0.25, 0.3) is 0 Å². The van der Waals surface area contributed by atoms with Crippen molar-refractivity contribution in [2.45, 2.75) is 32.3 Å². The SMILES string of the molecule is CCSCCC(O)C1CC1. The van der Waals surface area contributed by atoms with Crippen molar-refractivity contribution in [2.24, 2.45) is 5.92 Å². The zero-order chi connectivity index (χ0) is 7.40. The van der Waals surface area contributed by atoms with Crippen molar-refractivity contribution in [1.82, 2.24) is 0 Å². The lowest BCUT2D eigenvalue weighted by molar-refractivity contribution is 0.148. The molecule has 1 nitrogen and oxygen atoms in total. The lowest BCUT2D eigenvalue weighted by Crippen LogP contribution is -2.09. The number of rotatable bonds is 5. The number of aliphatic hydroxyl groups excluding tert-OH is 1. The minimum absolute atomic E-state index is 0.0130. The van der Waals surface area contributed by atoms with E-state index in [0.717, 1.165) is 12.2 Å². The minimum Gasteiger partial charge on any atom is -0.393 e. The molecule has 1 unspecified atom stereocenters. The zero-order valence-electron chi connectivity index (χ0n) is 6.55. The first-order valence-corrected chi connectivity index (χ1v) is 5.26. The van der Waals surface area contributed by atoms with Crippen LogP contribution in [0.3, 0.4) is 0 Å². The standard InChI is InChI=1S/C8H16OS/c1-2-10-6-5-8(9)7-3-4-7/h7-9H,2-6H2,1H3. The lowest BCUT2D eigenvalue weighted by atomic mass is 10.2. The Labute approximate surface area is 67.2 Å². The molecule has 0 heterocycles. The van der Waals surface area contributed by atoms with Gasteiger partial charge >= 0.3 is 0 Å². The van der Waals surface area contributed by atoms with Gasteiger partial charge in [-0.05, 0) is 36.7 Å². The van der Waals surface area contributed by atoms with Gasteiger partial charge < -0.3 is 5.11 Å². The van der Waals surface area contributed by atoms with E-state index in [1.165, 1.54) is 18.6 Å². The van der Waals surface area contributed by atoms with Crippen LogP contribution < -0.4 is 0 Å². The molecule has 1 atom stereocenters. The average Bonchev–Trinajstić information content (AvgIpc) is 2.69. The van der Waals surface area contributed by atoms with E-state index >= 15 is 0 Å². The Kier molecular flexibility index (Phi) is 3.57. The number of thioether (sulfide) groups is 1. The Morgan fingerprint density at radius 1 is 1.60 bits per heavy atom. The monoisotopic (exact) mass is 160 g/mol. The molecule has 0 aromatic heterocycles. The van der Waals surface area contributed by atoms with Crippen LogP contribution in [-0.2, 0) is 0 Å². The maximum Gasteiger partial charge on any atom is 0.0576 e. The summed E-state index contributed by atoms with van der Waals surface area (Å²) in [5.41, 5.74) is 0. The molecule has 0 aromatic rings. The van der Waals surface area contributed by atoms with E-state index in [1.807, 2.05) is 11.8 Å². The van der Waals surface area contributed by atoms with Crippen molar-refractivity contribution in [3.8, 4) is 0 Å². The van der Waals surface area contributed by atoms with Crippen molar-refractivity contribution in [3.05, 3.63) is 0 Å². The van der Waals surface area contributed by atoms with Crippen molar-refractivity contribution < 1.29 is 5.11 Å². The van der Waals surface area contributed by atoms with Crippen LogP contribution in [0.5, 0.6) is 0 Å². The smallest absolute Gasteiger partial charge is 0.0576 e. The van der Waals surface area contributed by atoms with Crippen LogP contribution in [0.4, 0.5) is 0 Å². The van der Waals surface area contributed by atoms with E-state index in [1.54, 1.807) is 0 Å². The van der Waals surface area contributed by atoms with Crippen molar-refractivity contribution >= 4 is 11.8 Å². The molecule has 0 aliphatic heterocycles. The third kappa shape index (κ3) is 2.93.